The molecule has 1 aromatic heterocycles. The summed E-state index contributed by atoms with van der Waals surface area (Å²) in [6.45, 7) is 3.35. The van der Waals surface area contributed by atoms with Crippen molar-refractivity contribution in [1.82, 2.24) is 4.57 Å². The fourth-order valence-corrected chi connectivity index (χ4v) is 2.21. The molecule has 1 heterocycles. The highest BCUT2D eigenvalue weighted by Crippen LogP contribution is 2.26. The molecule has 2 rings (SSSR count). The van der Waals surface area contributed by atoms with Gasteiger partial charge in [0.15, 0.2) is 0 Å². The first-order chi connectivity index (χ1) is 9.67. The number of ether oxygens (including phenoxy) is 1. The average molecular weight is 318 g/mol. The molecule has 0 saturated heterocycles. The van der Waals surface area contributed by atoms with Crippen molar-refractivity contribution in [3.63, 3.8) is 0 Å². The molecule has 21 heavy (non-hydrogen) atoms. The first-order valence-corrected chi connectivity index (χ1v) is 6.31. The molecular formula is C14H11ClF3NO2. The Morgan fingerprint density at radius 2 is 1.86 bits per heavy atom. The fourth-order valence-electron chi connectivity index (χ4n) is 1.95. The Hall–Kier alpha value is -1.95. The van der Waals surface area contributed by atoms with Gasteiger partial charge < -0.3 is 4.74 Å². The summed E-state index contributed by atoms with van der Waals surface area (Å²) in [5.74, 6) is -0.337. The lowest BCUT2D eigenvalue weighted by atomic mass is 10.1. The van der Waals surface area contributed by atoms with Crippen molar-refractivity contribution in [1.29, 1.82) is 0 Å². The van der Waals surface area contributed by atoms with Crippen LogP contribution in [-0.2, 0) is 0 Å². The fraction of sp³-hybridized carbons (Fsp3) is 0.214. The van der Waals surface area contributed by atoms with Crippen LogP contribution >= 0.6 is 11.6 Å². The molecule has 0 saturated carbocycles. The molecule has 3 nitrogen and oxygen atoms in total. The van der Waals surface area contributed by atoms with Gasteiger partial charge in [0.05, 0.1) is 5.69 Å². The van der Waals surface area contributed by atoms with Gasteiger partial charge in [0.1, 0.15) is 10.8 Å². The molecule has 2 aromatic rings. The molecular weight excluding hydrogens is 307 g/mol. The molecule has 0 atom stereocenters. The Balaban J connectivity index is 2.50. The third-order valence-corrected chi connectivity index (χ3v) is 3.04. The third kappa shape index (κ3) is 3.58. The van der Waals surface area contributed by atoms with E-state index in [0.29, 0.717) is 11.3 Å². The number of hydrogen-bond donors (Lipinski definition) is 0. The summed E-state index contributed by atoms with van der Waals surface area (Å²) in [4.78, 5) is 12.0. The highest BCUT2D eigenvalue weighted by atomic mass is 35.5. The maximum absolute atomic E-state index is 12.2. The van der Waals surface area contributed by atoms with Crippen LogP contribution in [0.1, 0.15) is 11.1 Å². The molecule has 0 fully saturated rings. The molecule has 1 aromatic carbocycles. The van der Waals surface area contributed by atoms with Crippen molar-refractivity contribution in [3.05, 3.63) is 57.0 Å². The van der Waals surface area contributed by atoms with E-state index in [1.807, 2.05) is 0 Å². The number of halogens is 4. The van der Waals surface area contributed by atoms with Crippen LogP contribution in [0.5, 0.6) is 5.75 Å². The summed E-state index contributed by atoms with van der Waals surface area (Å²) in [6, 6.07) is 5.27. The van der Waals surface area contributed by atoms with Crippen molar-refractivity contribution in [2.75, 3.05) is 0 Å². The zero-order valence-electron chi connectivity index (χ0n) is 11.2. The quantitative estimate of drug-likeness (QED) is 0.838. The topological polar surface area (TPSA) is 31.2 Å². The van der Waals surface area contributed by atoms with Crippen LogP contribution in [0.4, 0.5) is 13.2 Å². The summed E-state index contributed by atoms with van der Waals surface area (Å²) in [7, 11) is 0. The van der Waals surface area contributed by atoms with Crippen molar-refractivity contribution in [3.8, 4) is 11.4 Å². The summed E-state index contributed by atoms with van der Waals surface area (Å²) in [5.41, 5.74) is 1.23. The predicted octanol–water partition coefficient (Wildman–Crippen LogP) is 4.01. The molecule has 112 valence electrons. The smallest absolute Gasteiger partial charge is 0.406 e. The number of rotatable bonds is 2. The van der Waals surface area contributed by atoms with E-state index in [1.54, 1.807) is 20.0 Å². The van der Waals surface area contributed by atoms with Gasteiger partial charge in [-0.25, -0.2) is 0 Å². The molecule has 0 aliphatic carbocycles. The summed E-state index contributed by atoms with van der Waals surface area (Å²) in [5, 5.41) is 0.0463. The van der Waals surface area contributed by atoms with E-state index in [2.05, 4.69) is 4.74 Å². The molecule has 0 amide bonds. The van der Waals surface area contributed by atoms with Gasteiger partial charge >= 0.3 is 6.36 Å². The van der Waals surface area contributed by atoms with Crippen molar-refractivity contribution in [2.24, 2.45) is 0 Å². The third-order valence-electron chi connectivity index (χ3n) is 2.77. The minimum Gasteiger partial charge on any atom is -0.406 e. The van der Waals surface area contributed by atoms with Gasteiger partial charge in [-0.15, -0.1) is 13.2 Å². The van der Waals surface area contributed by atoms with Crippen LogP contribution in [-0.4, -0.2) is 10.9 Å². The molecule has 0 aliphatic rings. The largest absolute Gasteiger partial charge is 0.573 e. The van der Waals surface area contributed by atoms with Crippen LogP contribution in [0, 0.1) is 13.8 Å². The van der Waals surface area contributed by atoms with E-state index < -0.39 is 11.9 Å². The van der Waals surface area contributed by atoms with Crippen LogP contribution in [0.3, 0.4) is 0 Å². The minimum absolute atomic E-state index is 0.0463. The summed E-state index contributed by atoms with van der Waals surface area (Å²) >= 11 is 5.83. The van der Waals surface area contributed by atoms with E-state index in [0.717, 1.165) is 11.6 Å². The van der Waals surface area contributed by atoms with E-state index >= 15 is 0 Å². The van der Waals surface area contributed by atoms with E-state index in [4.69, 9.17) is 11.6 Å². The normalized spacial score (nSPS) is 11.5. The lowest BCUT2D eigenvalue weighted by Crippen LogP contribution is -2.20. The van der Waals surface area contributed by atoms with Gasteiger partial charge in [0.25, 0.3) is 5.56 Å². The lowest BCUT2D eigenvalue weighted by Gasteiger charge is -2.13. The molecule has 0 aliphatic heterocycles. The number of alkyl halides is 3. The van der Waals surface area contributed by atoms with Gasteiger partial charge in [-0.05, 0) is 49.2 Å². The maximum Gasteiger partial charge on any atom is 0.573 e. The van der Waals surface area contributed by atoms with Gasteiger partial charge in [0, 0.05) is 6.20 Å². The van der Waals surface area contributed by atoms with Gasteiger partial charge in [0.2, 0.25) is 0 Å². The SMILES string of the molecule is Cc1cc(Cl)c(=O)n(-c2ccc(OC(F)(F)F)cc2C)c1. The Morgan fingerprint density at radius 1 is 1.19 bits per heavy atom. The average Bonchev–Trinajstić information content (AvgIpc) is 2.32. The molecule has 0 spiro atoms. The first kappa shape index (κ1) is 15.4. The monoisotopic (exact) mass is 317 g/mol. The van der Waals surface area contributed by atoms with Crippen LogP contribution in [0.15, 0.2) is 35.3 Å². The first-order valence-electron chi connectivity index (χ1n) is 5.93. The second kappa shape index (κ2) is 5.44. The molecule has 0 N–H and O–H groups in total. The standard InChI is InChI=1S/C14H11ClF3NO2/c1-8-5-11(15)13(20)19(7-8)12-4-3-10(6-9(12)2)21-14(16,17)18/h3-7H,1-2H3. The molecule has 0 bridgehead atoms. The zero-order chi connectivity index (χ0) is 15.8. The van der Waals surface area contributed by atoms with Gasteiger partial charge in [-0.1, -0.05) is 11.6 Å². The van der Waals surface area contributed by atoms with Crippen molar-refractivity contribution >= 4 is 11.6 Å². The van der Waals surface area contributed by atoms with Gasteiger partial charge in [-0.3, -0.25) is 9.36 Å². The number of nitrogens with zero attached hydrogens (tertiary/aromatic N) is 1. The predicted molar refractivity (Wildman–Crippen MR) is 73.2 cm³/mol. The molecule has 0 unspecified atom stereocenters. The number of pyridine rings is 1. The number of benzene rings is 1. The van der Waals surface area contributed by atoms with Crippen molar-refractivity contribution < 1.29 is 17.9 Å². The van der Waals surface area contributed by atoms with E-state index in [1.165, 1.54) is 22.8 Å². The van der Waals surface area contributed by atoms with Crippen LogP contribution in [0.2, 0.25) is 5.02 Å². The molecule has 7 heteroatoms. The second-order valence-electron chi connectivity index (χ2n) is 4.54. The Kier molecular flexibility index (Phi) is 4.00. The lowest BCUT2D eigenvalue weighted by molar-refractivity contribution is -0.274. The second-order valence-corrected chi connectivity index (χ2v) is 4.94. The van der Waals surface area contributed by atoms with Crippen molar-refractivity contribution in [2.45, 2.75) is 20.2 Å². The van der Waals surface area contributed by atoms with Crippen LogP contribution < -0.4 is 10.3 Å². The minimum atomic E-state index is -4.75. The zero-order valence-corrected chi connectivity index (χ0v) is 11.9. The Bertz CT molecular complexity index is 738. The number of hydrogen-bond acceptors (Lipinski definition) is 2. The Morgan fingerprint density at radius 3 is 2.43 bits per heavy atom. The number of aryl methyl sites for hydroxylation is 2. The highest BCUT2D eigenvalue weighted by Gasteiger charge is 2.31. The maximum atomic E-state index is 12.2. The van der Waals surface area contributed by atoms with E-state index in [9.17, 15) is 18.0 Å². The van der Waals surface area contributed by atoms with Gasteiger partial charge in [-0.2, -0.15) is 0 Å². The summed E-state index contributed by atoms with van der Waals surface area (Å²) in [6.07, 6.45) is -3.18. The highest BCUT2D eigenvalue weighted by molar-refractivity contribution is 6.30. The Labute approximate surface area is 123 Å². The van der Waals surface area contributed by atoms with Crippen LogP contribution in [0.25, 0.3) is 5.69 Å². The summed E-state index contributed by atoms with van der Waals surface area (Å²) < 4.78 is 41.6. The molecule has 0 radical (unpaired) electrons. The van der Waals surface area contributed by atoms with E-state index in [-0.39, 0.29) is 10.8 Å². The number of aromatic nitrogens is 1.